The summed E-state index contributed by atoms with van der Waals surface area (Å²) in [5, 5.41) is 2.93. The number of sulfone groups is 1. The third kappa shape index (κ3) is 5.10. The predicted octanol–water partition coefficient (Wildman–Crippen LogP) is 1.28. The van der Waals surface area contributed by atoms with Crippen LogP contribution in [0.25, 0.3) is 0 Å². The van der Waals surface area contributed by atoms with Crippen molar-refractivity contribution in [3.05, 3.63) is 0 Å². The average Bonchev–Trinajstić information content (AvgIpc) is 2.62. The van der Waals surface area contributed by atoms with Gasteiger partial charge in [-0.25, -0.2) is 8.42 Å². The summed E-state index contributed by atoms with van der Waals surface area (Å²) in [6.45, 7) is 2.76. The zero-order valence-electron chi connectivity index (χ0n) is 11.9. The maximum absolute atomic E-state index is 12.4. The number of methoxy groups -OCH3 is 1. The van der Waals surface area contributed by atoms with Crippen LogP contribution in [0.2, 0.25) is 0 Å². The van der Waals surface area contributed by atoms with Crippen LogP contribution in [0.5, 0.6) is 0 Å². The monoisotopic (exact) mass is 291 g/mol. The molecule has 0 saturated heterocycles. The molecule has 0 aliphatic heterocycles. The molecule has 1 rings (SSSR count). The van der Waals surface area contributed by atoms with E-state index in [1.165, 1.54) is 7.11 Å². The van der Waals surface area contributed by atoms with Crippen LogP contribution in [0.1, 0.15) is 45.4 Å². The molecule has 0 bridgehead atoms. The van der Waals surface area contributed by atoms with E-state index in [2.05, 4.69) is 10.1 Å². The van der Waals surface area contributed by atoms with Gasteiger partial charge < -0.3 is 10.1 Å². The van der Waals surface area contributed by atoms with Gasteiger partial charge in [-0.1, -0.05) is 26.2 Å². The van der Waals surface area contributed by atoms with E-state index >= 15 is 0 Å². The zero-order chi connectivity index (χ0) is 14.3. The first-order chi connectivity index (χ1) is 9.01. The molecule has 0 aromatic carbocycles. The molecule has 1 aliphatic carbocycles. The maximum Gasteiger partial charge on any atom is 0.306 e. The van der Waals surface area contributed by atoms with E-state index in [-0.39, 0.29) is 23.5 Å². The van der Waals surface area contributed by atoms with Gasteiger partial charge in [0.2, 0.25) is 0 Å². The number of carbonyl (C=O) groups is 1. The van der Waals surface area contributed by atoms with Crippen molar-refractivity contribution in [2.45, 2.75) is 56.7 Å². The highest BCUT2D eigenvalue weighted by atomic mass is 32.2. The van der Waals surface area contributed by atoms with E-state index in [1.807, 2.05) is 6.92 Å². The summed E-state index contributed by atoms with van der Waals surface area (Å²) in [6.07, 6.45) is 4.65. The molecule has 2 unspecified atom stereocenters. The Bertz CT molecular complexity index is 380. The van der Waals surface area contributed by atoms with Gasteiger partial charge in [0.25, 0.3) is 0 Å². The van der Waals surface area contributed by atoms with Crippen LogP contribution < -0.4 is 5.32 Å². The summed E-state index contributed by atoms with van der Waals surface area (Å²) in [6, 6.07) is 0.0233. The fourth-order valence-electron chi connectivity index (χ4n) is 2.68. The number of hydrogen-bond donors (Lipinski definition) is 1. The lowest BCUT2D eigenvalue weighted by atomic mass is 10.1. The number of hydrogen-bond acceptors (Lipinski definition) is 5. The number of carbonyl (C=O) groups excluding carboxylic acids is 1. The lowest BCUT2D eigenvalue weighted by Crippen LogP contribution is -2.44. The van der Waals surface area contributed by atoms with Crippen molar-refractivity contribution in [3.63, 3.8) is 0 Å². The molecule has 1 saturated carbocycles. The minimum absolute atomic E-state index is 0.0233. The Morgan fingerprint density at radius 2 is 1.95 bits per heavy atom. The second kappa shape index (κ2) is 7.85. The molecule has 0 spiro atoms. The van der Waals surface area contributed by atoms with Crippen LogP contribution in [0, 0.1) is 0 Å². The SMILES string of the molecule is CCNC1CCCCCC1S(=O)(=O)CCC(=O)OC. The van der Waals surface area contributed by atoms with Gasteiger partial charge in [0.15, 0.2) is 9.84 Å². The van der Waals surface area contributed by atoms with Gasteiger partial charge in [0.05, 0.1) is 24.5 Å². The minimum Gasteiger partial charge on any atom is -0.469 e. The summed E-state index contributed by atoms with van der Waals surface area (Å²) in [5.74, 6) is -0.566. The molecule has 19 heavy (non-hydrogen) atoms. The molecular formula is C13H25NO4S. The van der Waals surface area contributed by atoms with Gasteiger partial charge in [-0.3, -0.25) is 4.79 Å². The van der Waals surface area contributed by atoms with E-state index in [4.69, 9.17) is 0 Å². The summed E-state index contributed by atoms with van der Waals surface area (Å²) in [7, 11) is -1.97. The normalized spacial score (nSPS) is 24.7. The quantitative estimate of drug-likeness (QED) is 0.589. The van der Waals surface area contributed by atoms with Gasteiger partial charge in [-0.05, 0) is 19.4 Å². The lowest BCUT2D eigenvalue weighted by molar-refractivity contribution is -0.140. The molecule has 6 heteroatoms. The molecule has 0 heterocycles. The number of rotatable bonds is 6. The molecule has 5 nitrogen and oxygen atoms in total. The molecular weight excluding hydrogens is 266 g/mol. The van der Waals surface area contributed by atoms with E-state index in [0.29, 0.717) is 6.42 Å². The summed E-state index contributed by atoms with van der Waals surface area (Å²) in [5.41, 5.74) is 0. The number of esters is 1. The maximum atomic E-state index is 12.4. The Hall–Kier alpha value is -0.620. The van der Waals surface area contributed by atoms with Crippen molar-refractivity contribution in [2.24, 2.45) is 0 Å². The largest absolute Gasteiger partial charge is 0.469 e. The van der Waals surface area contributed by atoms with Crippen LogP contribution in [0.4, 0.5) is 0 Å². The second-order valence-corrected chi connectivity index (χ2v) is 7.37. The minimum atomic E-state index is -3.25. The van der Waals surface area contributed by atoms with E-state index < -0.39 is 15.8 Å². The third-order valence-electron chi connectivity index (χ3n) is 3.70. The standard InChI is InChI=1S/C13H25NO4S/c1-3-14-11-7-5-4-6-8-12(11)19(16,17)10-9-13(15)18-2/h11-12,14H,3-10H2,1-2H3. The average molecular weight is 291 g/mol. The molecule has 1 aliphatic rings. The van der Waals surface area contributed by atoms with Crippen molar-refractivity contribution in [2.75, 3.05) is 19.4 Å². The first-order valence-corrected chi connectivity index (χ1v) is 8.74. The second-order valence-electron chi connectivity index (χ2n) is 5.03. The lowest BCUT2D eigenvalue weighted by Gasteiger charge is -2.25. The van der Waals surface area contributed by atoms with Crippen LogP contribution in [0.3, 0.4) is 0 Å². The van der Waals surface area contributed by atoms with Crippen LogP contribution >= 0.6 is 0 Å². The van der Waals surface area contributed by atoms with Crippen molar-refractivity contribution in [1.82, 2.24) is 5.32 Å². The Morgan fingerprint density at radius 3 is 2.58 bits per heavy atom. The zero-order valence-corrected chi connectivity index (χ0v) is 12.7. The molecule has 2 atom stereocenters. The highest BCUT2D eigenvalue weighted by molar-refractivity contribution is 7.92. The van der Waals surface area contributed by atoms with Crippen LogP contribution in [0.15, 0.2) is 0 Å². The van der Waals surface area contributed by atoms with E-state index in [9.17, 15) is 13.2 Å². The Kier molecular flexibility index (Phi) is 6.79. The predicted molar refractivity (Wildman–Crippen MR) is 74.8 cm³/mol. The van der Waals surface area contributed by atoms with Crippen LogP contribution in [-0.2, 0) is 19.4 Å². The molecule has 112 valence electrons. The Labute approximate surface area is 116 Å². The summed E-state index contributed by atoms with van der Waals surface area (Å²) < 4.78 is 29.3. The van der Waals surface area contributed by atoms with Gasteiger partial charge in [0.1, 0.15) is 0 Å². The molecule has 0 radical (unpaired) electrons. The summed E-state index contributed by atoms with van der Waals surface area (Å²) >= 11 is 0. The van der Waals surface area contributed by atoms with E-state index in [1.54, 1.807) is 0 Å². The fraction of sp³-hybridized carbons (Fsp3) is 0.923. The Balaban J connectivity index is 2.73. The van der Waals surface area contributed by atoms with Gasteiger partial charge in [-0.2, -0.15) is 0 Å². The van der Waals surface area contributed by atoms with Crippen molar-refractivity contribution in [3.8, 4) is 0 Å². The topological polar surface area (TPSA) is 72.5 Å². The Morgan fingerprint density at radius 1 is 1.26 bits per heavy atom. The number of ether oxygens (including phenoxy) is 1. The van der Waals surface area contributed by atoms with Crippen LogP contribution in [-0.4, -0.2) is 45.1 Å². The van der Waals surface area contributed by atoms with Gasteiger partial charge in [0, 0.05) is 6.04 Å². The molecule has 1 fully saturated rings. The molecule has 0 aromatic rings. The number of nitrogens with one attached hydrogen (secondary N) is 1. The fourth-order valence-corrected chi connectivity index (χ4v) is 4.69. The van der Waals surface area contributed by atoms with Gasteiger partial charge >= 0.3 is 5.97 Å². The summed E-state index contributed by atoms with van der Waals surface area (Å²) in [4.78, 5) is 11.1. The highest BCUT2D eigenvalue weighted by Crippen LogP contribution is 2.24. The van der Waals surface area contributed by atoms with E-state index in [0.717, 1.165) is 32.2 Å². The molecule has 0 aromatic heterocycles. The van der Waals surface area contributed by atoms with Crippen molar-refractivity contribution < 1.29 is 17.9 Å². The molecule has 0 amide bonds. The first kappa shape index (κ1) is 16.4. The van der Waals surface area contributed by atoms with Crippen molar-refractivity contribution in [1.29, 1.82) is 0 Å². The van der Waals surface area contributed by atoms with Gasteiger partial charge in [-0.15, -0.1) is 0 Å². The van der Waals surface area contributed by atoms with Crippen molar-refractivity contribution >= 4 is 15.8 Å². The smallest absolute Gasteiger partial charge is 0.306 e. The third-order valence-corrected chi connectivity index (χ3v) is 5.96. The first-order valence-electron chi connectivity index (χ1n) is 7.03. The highest BCUT2D eigenvalue weighted by Gasteiger charge is 2.33. The molecule has 1 N–H and O–H groups in total.